The number of hydrogen-bond donors (Lipinski definition) is 0. The molecule has 0 aliphatic carbocycles. The van der Waals surface area contributed by atoms with Gasteiger partial charge in [0.1, 0.15) is 5.88 Å². The quantitative estimate of drug-likeness (QED) is 0.489. The molecule has 118 valence electrons. The molecule has 1 aromatic rings. The van der Waals surface area contributed by atoms with E-state index >= 15 is 0 Å². The standard InChI is InChI=1S/C13H12ClIN2O3S2/c14-5-12(18)16-13-17(9-3-1-2-8(15)4-9)10-6-22(19,20)7-11(10)21-13/h1-4,10-11H,5-7H2/t10-,11+/m1/s1. The number of carbonyl (C=O) groups excluding carboxylic acids is 1. The fourth-order valence-corrected chi connectivity index (χ4v) is 7.15. The van der Waals surface area contributed by atoms with Crippen LogP contribution in [-0.4, -0.2) is 48.2 Å². The first-order valence-electron chi connectivity index (χ1n) is 6.49. The van der Waals surface area contributed by atoms with E-state index < -0.39 is 15.7 Å². The Labute approximate surface area is 151 Å². The van der Waals surface area contributed by atoms with Crippen LogP contribution in [0.2, 0.25) is 0 Å². The number of rotatable bonds is 2. The van der Waals surface area contributed by atoms with Crippen LogP contribution in [0.1, 0.15) is 0 Å². The summed E-state index contributed by atoms with van der Waals surface area (Å²) < 4.78 is 24.8. The van der Waals surface area contributed by atoms with Gasteiger partial charge in [0.2, 0.25) is 0 Å². The fourth-order valence-electron chi connectivity index (χ4n) is 2.63. The summed E-state index contributed by atoms with van der Waals surface area (Å²) in [6.07, 6.45) is 0. The Morgan fingerprint density at radius 1 is 1.45 bits per heavy atom. The van der Waals surface area contributed by atoms with Gasteiger partial charge in [0, 0.05) is 14.5 Å². The van der Waals surface area contributed by atoms with Crippen LogP contribution >= 0.6 is 46.0 Å². The van der Waals surface area contributed by atoms with E-state index in [2.05, 4.69) is 27.6 Å². The summed E-state index contributed by atoms with van der Waals surface area (Å²) in [5.74, 6) is -0.388. The van der Waals surface area contributed by atoms with Gasteiger partial charge in [0.05, 0.1) is 17.5 Å². The molecule has 0 unspecified atom stereocenters. The number of amidine groups is 1. The maximum atomic E-state index is 11.9. The van der Waals surface area contributed by atoms with E-state index in [1.807, 2.05) is 29.2 Å². The summed E-state index contributed by atoms with van der Waals surface area (Å²) in [5, 5.41) is 0.447. The lowest BCUT2D eigenvalue weighted by Crippen LogP contribution is -2.37. The minimum Gasteiger partial charge on any atom is -0.316 e. The molecule has 2 aliphatic heterocycles. The highest BCUT2D eigenvalue weighted by atomic mass is 127. The number of hydrogen-bond acceptors (Lipinski definition) is 4. The highest BCUT2D eigenvalue weighted by Crippen LogP contribution is 2.41. The van der Waals surface area contributed by atoms with Crippen LogP contribution in [0.4, 0.5) is 5.69 Å². The average molecular weight is 471 g/mol. The van der Waals surface area contributed by atoms with Crippen molar-refractivity contribution in [2.75, 3.05) is 22.3 Å². The Balaban J connectivity index is 2.03. The van der Waals surface area contributed by atoms with Gasteiger partial charge in [-0.2, -0.15) is 4.99 Å². The topological polar surface area (TPSA) is 66.8 Å². The zero-order valence-corrected chi connectivity index (χ0v) is 15.8. The molecule has 0 bridgehead atoms. The van der Waals surface area contributed by atoms with Crippen molar-refractivity contribution in [2.24, 2.45) is 4.99 Å². The molecule has 2 aliphatic rings. The van der Waals surface area contributed by atoms with E-state index in [9.17, 15) is 13.2 Å². The lowest BCUT2D eigenvalue weighted by atomic mass is 10.2. The zero-order valence-electron chi connectivity index (χ0n) is 11.3. The number of fused-ring (bicyclic) bond motifs is 1. The van der Waals surface area contributed by atoms with Crippen LogP contribution in [0.3, 0.4) is 0 Å². The number of amides is 1. The maximum Gasteiger partial charge on any atom is 0.262 e. The van der Waals surface area contributed by atoms with Crippen molar-refractivity contribution in [3.05, 3.63) is 27.8 Å². The van der Waals surface area contributed by atoms with Crippen molar-refractivity contribution in [1.29, 1.82) is 0 Å². The van der Waals surface area contributed by atoms with Crippen LogP contribution in [0.5, 0.6) is 0 Å². The Hall–Kier alpha value is -0.320. The fraction of sp³-hybridized carbons (Fsp3) is 0.385. The van der Waals surface area contributed by atoms with E-state index in [0.29, 0.717) is 5.17 Å². The van der Waals surface area contributed by atoms with Crippen LogP contribution in [0.15, 0.2) is 29.3 Å². The summed E-state index contributed by atoms with van der Waals surface area (Å²) in [6, 6.07) is 7.53. The summed E-state index contributed by atoms with van der Waals surface area (Å²) in [6.45, 7) is 0. The average Bonchev–Trinajstić information content (AvgIpc) is 2.89. The number of halogens is 2. The van der Waals surface area contributed by atoms with Gasteiger partial charge in [0.25, 0.3) is 5.91 Å². The molecule has 0 spiro atoms. The van der Waals surface area contributed by atoms with Gasteiger partial charge in [-0.05, 0) is 40.8 Å². The summed E-state index contributed by atoms with van der Waals surface area (Å²) >= 11 is 9.08. The Morgan fingerprint density at radius 2 is 2.23 bits per heavy atom. The Kier molecular flexibility index (Phi) is 4.73. The summed E-state index contributed by atoms with van der Waals surface area (Å²) in [7, 11) is -3.04. The molecule has 2 fully saturated rings. The lowest BCUT2D eigenvalue weighted by molar-refractivity contribution is -0.115. The number of anilines is 1. The van der Waals surface area contributed by atoms with E-state index in [1.54, 1.807) is 0 Å². The number of nitrogens with zero attached hydrogens (tertiary/aromatic N) is 2. The van der Waals surface area contributed by atoms with Gasteiger partial charge in [0.15, 0.2) is 15.0 Å². The molecule has 1 aromatic carbocycles. The first kappa shape index (κ1) is 16.5. The van der Waals surface area contributed by atoms with Crippen LogP contribution in [0.25, 0.3) is 0 Å². The normalized spacial score (nSPS) is 28.1. The first-order valence-corrected chi connectivity index (χ1v) is 10.8. The van der Waals surface area contributed by atoms with Crippen molar-refractivity contribution >= 4 is 72.6 Å². The second kappa shape index (κ2) is 6.29. The predicted octanol–water partition coefficient (Wildman–Crippen LogP) is 2.13. The maximum absolute atomic E-state index is 11.9. The molecule has 9 heteroatoms. The molecule has 2 saturated heterocycles. The SMILES string of the molecule is O=C(CCl)N=C1S[C@H]2CS(=O)(=O)C[C@H]2N1c1cccc(I)c1. The first-order chi connectivity index (χ1) is 10.4. The lowest BCUT2D eigenvalue weighted by Gasteiger charge is -2.24. The van der Waals surface area contributed by atoms with Crippen LogP contribution in [0, 0.1) is 3.57 Å². The minimum atomic E-state index is -3.04. The number of sulfone groups is 1. The summed E-state index contributed by atoms with van der Waals surface area (Å²) in [4.78, 5) is 17.5. The van der Waals surface area contributed by atoms with Gasteiger partial charge in [-0.25, -0.2) is 8.42 Å². The van der Waals surface area contributed by atoms with Crippen LogP contribution < -0.4 is 4.90 Å². The third-order valence-corrected chi connectivity index (χ3v) is 7.60. The predicted molar refractivity (Wildman–Crippen MR) is 98.6 cm³/mol. The van der Waals surface area contributed by atoms with Gasteiger partial charge < -0.3 is 4.90 Å². The number of benzene rings is 1. The van der Waals surface area contributed by atoms with E-state index in [-0.39, 0.29) is 28.7 Å². The second-order valence-corrected chi connectivity index (χ2v) is 9.95. The largest absolute Gasteiger partial charge is 0.316 e. The smallest absolute Gasteiger partial charge is 0.262 e. The molecule has 2 atom stereocenters. The van der Waals surface area contributed by atoms with Crippen molar-refractivity contribution in [3.63, 3.8) is 0 Å². The third kappa shape index (κ3) is 3.29. The third-order valence-electron chi connectivity index (χ3n) is 3.49. The highest BCUT2D eigenvalue weighted by molar-refractivity contribution is 14.1. The second-order valence-electron chi connectivity index (χ2n) is 5.07. The molecule has 1 amide bonds. The van der Waals surface area contributed by atoms with E-state index in [4.69, 9.17) is 11.6 Å². The van der Waals surface area contributed by atoms with Gasteiger partial charge in [-0.3, -0.25) is 4.79 Å². The van der Waals surface area contributed by atoms with Gasteiger partial charge in [-0.15, -0.1) is 11.6 Å². The van der Waals surface area contributed by atoms with Crippen molar-refractivity contribution in [2.45, 2.75) is 11.3 Å². The molecular formula is C13H12ClIN2O3S2. The van der Waals surface area contributed by atoms with Gasteiger partial charge in [-0.1, -0.05) is 17.8 Å². The molecule has 5 nitrogen and oxygen atoms in total. The van der Waals surface area contributed by atoms with E-state index in [1.165, 1.54) is 11.8 Å². The highest BCUT2D eigenvalue weighted by Gasteiger charge is 2.49. The Bertz CT molecular complexity index is 753. The molecule has 3 rings (SSSR count). The number of carbonyl (C=O) groups is 1. The van der Waals surface area contributed by atoms with Crippen molar-refractivity contribution in [1.82, 2.24) is 0 Å². The molecule has 0 N–H and O–H groups in total. The number of aliphatic imine (C=N–C) groups is 1. The zero-order chi connectivity index (χ0) is 15.9. The molecule has 0 aromatic heterocycles. The number of alkyl halides is 1. The van der Waals surface area contributed by atoms with Gasteiger partial charge >= 0.3 is 0 Å². The van der Waals surface area contributed by atoms with Crippen molar-refractivity contribution in [3.8, 4) is 0 Å². The monoisotopic (exact) mass is 470 g/mol. The van der Waals surface area contributed by atoms with Crippen molar-refractivity contribution < 1.29 is 13.2 Å². The molecular weight excluding hydrogens is 459 g/mol. The van der Waals surface area contributed by atoms with Crippen LogP contribution in [-0.2, 0) is 14.6 Å². The molecule has 0 radical (unpaired) electrons. The van der Waals surface area contributed by atoms with E-state index in [0.717, 1.165) is 9.26 Å². The Morgan fingerprint density at radius 3 is 2.91 bits per heavy atom. The molecule has 0 saturated carbocycles. The summed E-state index contributed by atoms with van der Waals surface area (Å²) in [5.41, 5.74) is 0.852. The number of thioether (sulfide) groups is 1. The minimum absolute atomic E-state index is 0.0875. The molecule has 22 heavy (non-hydrogen) atoms. The molecule has 2 heterocycles.